The third-order valence-corrected chi connectivity index (χ3v) is 4.80. The minimum Gasteiger partial charge on any atom is -0.357 e. The van der Waals surface area contributed by atoms with Crippen molar-refractivity contribution >= 4 is 11.9 Å². The average Bonchev–Trinajstić information content (AvgIpc) is 3.51. The lowest BCUT2D eigenvalue weighted by Crippen LogP contribution is -2.42. The molecule has 3 N–H and O–H groups in total. The molecule has 1 aromatic carbocycles. The molecule has 2 aromatic rings. The van der Waals surface area contributed by atoms with E-state index in [-0.39, 0.29) is 17.1 Å². The number of rotatable bonds is 8. The summed E-state index contributed by atoms with van der Waals surface area (Å²) in [7, 11) is 0. The van der Waals surface area contributed by atoms with E-state index in [1.807, 2.05) is 13.0 Å². The highest BCUT2D eigenvalue weighted by Crippen LogP contribution is 2.48. The lowest BCUT2D eigenvalue weighted by molar-refractivity contribution is 0.0954. The highest BCUT2D eigenvalue weighted by atomic mass is 19.1. The first-order valence-corrected chi connectivity index (χ1v) is 9.59. The summed E-state index contributed by atoms with van der Waals surface area (Å²) in [4.78, 5) is 20.6. The maximum atomic E-state index is 13.5. The molecule has 148 valence electrons. The van der Waals surface area contributed by atoms with Gasteiger partial charge in [-0.25, -0.2) is 4.39 Å². The first-order valence-electron chi connectivity index (χ1n) is 9.59. The van der Waals surface area contributed by atoms with Crippen molar-refractivity contribution in [2.24, 2.45) is 4.99 Å². The van der Waals surface area contributed by atoms with E-state index in [1.54, 1.807) is 30.5 Å². The number of aromatic nitrogens is 1. The van der Waals surface area contributed by atoms with E-state index in [4.69, 9.17) is 0 Å². The quantitative estimate of drug-likeness (QED) is 0.371. The first kappa shape index (κ1) is 19.8. The standard InChI is InChI=1S/C21H26FN5O/c1-2-24-20(26-12-11-25-19(28)16-5-4-10-23-14-16)27-15-21(8-9-21)17-6-3-7-18(22)13-17/h3-7,10,13-14H,2,8-9,11-12,15H2,1H3,(H,25,28)(H2,24,26,27). The summed E-state index contributed by atoms with van der Waals surface area (Å²) >= 11 is 0. The molecular formula is C21H26FN5O. The summed E-state index contributed by atoms with van der Waals surface area (Å²) in [6.07, 6.45) is 5.20. The van der Waals surface area contributed by atoms with E-state index in [9.17, 15) is 9.18 Å². The Labute approximate surface area is 164 Å². The first-order chi connectivity index (χ1) is 13.6. The molecule has 0 bridgehead atoms. The van der Waals surface area contributed by atoms with Gasteiger partial charge in [-0.15, -0.1) is 0 Å². The van der Waals surface area contributed by atoms with Crippen molar-refractivity contribution in [1.29, 1.82) is 0 Å². The van der Waals surface area contributed by atoms with Crippen LogP contribution in [-0.4, -0.2) is 43.0 Å². The van der Waals surface area contributed by atoms with Crippen molar-refractivity contribution in [3.63, 3.8) is 0 Å². The molecule has 1 amide bonds. The fourth-order valence-corrected chi connectivity index (χ4v) is 3.04. The largest absolute Gasteiger partial charge is 0.357 e. The number of nitrogens with zero attached hydrogens (tertiary/aromatic N) is 2. The molecule has 3 rings (SSSR count). The van der Waals surface area contributed by atoms with Gasteiger partial charge in [0.05, 0.1) is 12.1 Å². The van der Waals surface area contributed by atoms with E-state index in [0.717, 1.165) is 24.9 Å². The molecule has 1 aliphatic carbocycles. The number of amides is 1. The van der Waals surface area contributed by atoms with E-state index < -0.39 is 0 Å². The second kappa shape index (κ2) is 9.30. The van der Waals surface area contributed by atoms with Gasteiger partial charge in [-0.05, 0) is 49.6 Å². The van der Waals surface area contributed by atoms with Gasteiger partial charge in [0, 0.05) is 37.4 Å². The Hall–Kier alpha value is -2.96. The van der Waals surface area contributed by atoms with Crippen molar-refractivity contribution < 1.29 is 9.18 Å². The molecule has 1 fully saturated rings. The number of nitrogens with one attached hydrogen (secondary N) is 3. The number of carbonyl (C=O) groups excluding carboxylic acids is 1. The summed E-state index contributed by atoms with van der Waals surface area (Å²) in [5.41, 5.74) is 1.49. The van der Waals surface area contributed by atoms with Crippen LogP contribution in [0.5, 0.6) is 0 Å². The monoisotopic (exact) mass is 383 g/mol. The van der Waals surface area contributed by atoms with Crippen LogP contribution in [0.15, 0.2) is 53.8 Å². The fraction of sp³-hybridized carbons (Fsp3) is 0.381. The Morgan fingerprint density at radius 3 is 2.68 bits per heavy atom. The van der Waals surface area contributed by atoms with Gasteiger partial charge in [-0.3, -0.25) is 14.8 Å². The predicted molar refractivity (Wildman–Crippen MR) is 108 cm³/mol. The van der Waals surface area contributed by atoms with Crippen molar-refractivity contribution in [3.8, 4) is 0 Å². The third-order valence-electron chi connectivity index (χ3n) is 4.80. The Bertz CT molecular complexity index is 821. The van der Waals surface area contributed by atoms with Crippen LogP contribution in [0.1, 0.15) is 35.7 Å². The van der Waals surface area contributed by atoms with Crippen LogP contribution in [0.3, 0.4) is 0 Å². The van der Waals surface area contributed by atoms with Crippen LogP contribution in [0.2, 0.25) is 0 Å². The van der Waals surface area contributed by atoms with Crippen molar-refractivity contribution in [3.05, 3.63) is 65.7 Å². The van der Waals surface area contributed by atoms with E-state index >= 15 is 0 Å². The summed E-state index contributed by atoms with van der Waals surface area (Å²) in [5, 5.41) is 9.28. The van der Waals surface area contributed by atoms with Crippen LogP contribution >= 0.6 is 0 Å². The Kier molecular flexibility index (Phi) is 6.57. The van der Waals surface area contributed by atoms with Crippen LogP contribution in [0, 0.1) is 5.82 Å². The summed E-state index contributed by atoms with van der Waals surface area (Å²) in [5.74, 6) is 0.336. The number of pyridine rings is 1. The molecule has 0 aliphatic heterocycles. The van der Waals surface area contributed by atoms with E-state index in [0.29, 0.717) is 31.2 Å². The molecule has 0 unspecified atom stereocenters. The van der Waals surface area contributed by atoms with Crippen LogP contribution < -0.4 is 16.0 Å². The van der Waals surface area contributed by atoms with Gasteiger partial charge in [-0.1, -0.05) is 12.1 Å². The van der Waals surface area contributed by atoms with Gasteiger partial charge in [-0.2, -0.15) is 0 Å². The second-order valence-corrected chi connectivity index (χ2v) is 6.91. The highest BCUT2D eigenvalue weighted by molar-refractivity contribution is 5.93. The zero-order valence-corrected chi connectivity index (χ0v) is 16.0. The zero-order chi connectivity index (χ0) is 19.8. The SMILES string of the molecule is CCNC(=NCC1(c2cccc(F)c2)CC1)NCCNC(=O)c1cccnc1. The van der Waals surface area contributed by atoms with Crippen molar-refractivity contribution in [1.82, 2.24) is 20.9 Å². The minimum absolute atomic E-state index is 0.0566. The molecule has 1 aliphatic rings. The van der Waals surface area contributed by atoms with Gasteiger partial charge >= 0.3 is 0 Å². The van der Waals surface area contributed by atoms with Gasteiger partial charge in [0.1, 0.15) is 5.82 Å². The minimum atomic E-state index is -0.206. The lowest BCUT2D eigenvalue weighted by Gasteiger charge is -2.16. The van der Waals surface area contributed by atoms with Crippen LogP contribution in [0.25, 0.3) is 0 Å². The normalized spacial score (nSPS) is 15.0. The molecule has 1 aromatic heterocycles. The maximum absolute atomic E-state index is 13.5. The average molecular weight is 383 g/mol. The number of halogens is 1. The molecule has 1 saturated carbocycles. The fourth-order valence-electron chi connectivity index (χ4n) is 3.04. The Balaban J connectivity index is 1.50. The highest BCUT2D eigenvalue weighted by Gasteiger charge is 2.44. The molecule has 0 saturated heterocycles. The number of hydrogen-bond donors (Lipinski definition) is 3. The van der Waals surface area contributed by atoms with E-state index in [1.165, 1.54) is 12.3 Å². The molecular weight excluding hydrogens is 357 g/mol. The number of aliphatic imine (C=N–C) groups is 1. The van der Waals surface area contributed by atoms with Gasteiger partial charge in [0.25, 0.3) is 5.91 Å². The molecule has 28 heavy (non-hydrogen) atoms. The smallest absolute Gasteiger partial charge is 0.252 e. The van der Waals surface area contributed by atoms with E-state index in [2.05, 4.69) is 25.9 Å². The maximum Gasteiger partial charge on any atom is 0.252 e. The number of hydrogen-bond acceptors (Lipinski definition) is 3. The topological polar surface area (TPSA) is 78.4 Å². The Morgan fingerprint density at radius 2 is 2.00 bits per heavy atom. The molecule has 0 radical (unpaired) electrons. The van der Waals surface area contributed by atoms with Crippen molar-refractivity contribution in [2.45, 2.75) is 25.2 Å². The summed E-state index contributed by atoms with van der Waals surface area (Å²) < 4.78 is 13.5. The number of guanidine groups is 1. The van der Waals surface area contributed by atoms with Crippen molar-refractivity contribution in [2.75, 3.05) is 26.2 Å². The third kappa shape index (κ3) is 5.28. The molecule has 0 atom stereocenters. The lowest BCUT2D eigenvalue weighted by atomic mass is 9.96. The number of carbonyl (C=O) groups is 1. The van der Waals surface area contributed by atoms with Crippen LogP contribution in [0.4, 0.5) is 4.39 Å². The molecule has 6 nitrogen and oxygen atoms in total. The zero-order valence-electron chi connectivity index (χ0n) is 16.0. The molecule has 1 heterocycles. The molecule has 7 heteroatoms. The van der Waals surface area contributed by atoms with Crippen LogP contribution in [-0.2, 0) is 5.41 Å². The van der Waals surface area contributed by atoms with Gasteiger partial charge in [0.2, 0.25) is 0 Å². The molecule has 0 spiro atoms. The summed E-state index contributed by atoms with van der Waals surface area (Å²) in [6.45, 7) is 4.35. The van der Waals surface area contributed by atoms with Gasteiger partial charge < -0.3 is 16.0 Å². The summed E-state index contributed by atoms with van der Waals surface area (Å²) in [6, 6.07) is 10.3. The number of benzene rings is 1. The second-order valence-electron chi connectivity index (χ2n) is 6.91. The van der Waals surface area contributed by atoms with Gasteiger partial charge in [0.15, 0.2) is 5.96 Å². The Morgan fingerprint density at radius 1 is 1.18 bits per heavy atom. The predicted octanol–water partition coefficient (Wildman–Crippen LogP) is 2.24.